The summed E-state index contributed by atoms with van der Waals surface area (Å²) in [5.74, 6) is -0.347. The number of rotatable bonds is 7. The van der Waals surface area contributed by atoms with Crippen LogP contribution in [-0.4, -0.2) is 47.8 Å². The van der Waals surface area contributed by atoms with Crippen LogP contribution in [0.2, 0.25) is 0 Å². The van der Waals surface area contributed by atoms with Crippen molar-refractivity contribution in [2.24, 2.45) is 0 Å². The number of imide groups is 1. The average Bonchev–Trinajstić information content (AvgIpc) is 2.60. The molecule has 16 heavy (non-hydrogen) atoms. The molecule has 1 heterocycles. The average molecular weight is 224 g/mol. The Morgan fingerprint density at radius 3 is 2.12 bits per heavy atom. The Balaban J connectivity index is 2.16. The first kappa shape index (κ1) is 12.9. The summed E-state index contributed by atoms with van der Waals surface area (Å²) in [6, 6.07) is 0. The summed E-state index contributed by atoms with van der Waals surface area (Å²) < 4.78 is 0. The normalized spacial score (nSPS) is 15.6. The van der Waals surface area contributed by atoms with Gasteiger partial charge in [-0.1, -0.05) is 13.8 Å². The van der Waals surface area contributed by atoms with E-state index in [1.54, 1.807) is 0 Å². The number of unbranched alkanes of at least 4 members (excludes halogenated alkanes) is 1. The van der Waals surface area contributed by atoms with Crippen molar-refractivity contribution in [2.45, 2.75) is 26.7 Å². The molecule has 90 valence electrons. The summed E-state index contributed by atoms with van der Waals surface area (Å²) in [6.45, 7) is 7.98. The quantitative estimate of drug-likeness (QED) is 0.479. The minimum Gasteiger partial charge on any atom is -0.304 e. The van der Waals surface area contributed by atoms with E-state index in [9.17, 15) is 9.59 Å². The molecule has 0 unspecified atom stereocenters. The first-order valence-electron chi connectivity index (χ1n) is 5.95. The van der Waals surface area contributed by atoms with E-state index < -0.39 is 0 Å². The van der Waals surface area contributed by atoms with Gasteiger partial charge in [-0.15, -0.1) is 0 Å². The molecule has 0 saturated heterocycles. The molecule has 0 radical (unpaired) electrons. The Hall–Kier alpha value is -1.16. The third kappa shape index (κ3) is 3.45. The van der Waals surface area contributed by atoms with E-state index in [-0.39, 0.29) is 11.8 Å². The number of carbonyl (C=O) groups is 2. The molecule has 1 aliphatic rings. The zero-order valence-electron chi connectivity index (χ0n) is 10.1. The standard InChI is InChI=1S/C12H20N2O2/c1-3-13(4-2)9-5-6-10-14-11(15)7-8-12(14)16/h7-8H,3-6,9-10H2,1-2H3. The van der Waals surface area contributed by atoms with Crippen molar-refractivity contribution < 1.29 is 9.59 Å². The van der Waals surface area contributed by atoms with Gasteiger partial charge in [-0.3, -0.25) is 14.5 Å². The molecule has 0 bridgehead atoms. The van der Waals surface area contributed by atoms with Crippen molar-refractivity contribution in [3.05, 3.63) is 12.2 Å². The van der Waals surface area contributed by atoms with Gasteiger partial charge in [0.25, 0.3) is 11.8 Å². The summed E-state index contributed by atoms with van der Waals surface area (Å²) in [7, 11) is 0. The molecule has 0 aliphatic carbocycles. The van der Waals surface area contributed by atoms with E-state index in [2.05, 4.69) is 18.7 Å². The zero-order valence-corrected chi connectivity index (χ0v) is 10.1. The van der Waals surface area contributed by atoms with E-state index in [1.165, 1.54) is 17.1 Å². The van der Waals surface area contributed by atoms with Crippen LogP contribution in [0.25, 0.3) is 0 Å². The van der Waals surface area contributed by atoms with Crippen LogP contribution in [-0.2, 0) is 9.59 Å². The maximum Gasteiger partial charge on any atom is 0.253 e. The molecule has 0 fully saturated rings. The van der Waals surface area contributed by atoms with E-state index in [0.717, 1.165) is 32.5 Å². The first-order valence-corrected chi connectivity index (χ1v) is 5.95. The molecule has 0 N–H and O–H groups in total. The molecule has 2 amide bonds. The molecule has 0 aromatic heterocycles. The third-order valence-corrected chi connectivity index (χ3v) is 2.90. The highest BCUT2D eigenvalue weighted by Gasteiger charge is 2.22. The fraction of sp³-hybridized carbons (Fsp3) is 0.667. The summed E-state index contributed by atoms with van der Waals surface area (Å²) in [5, 5.41) is 0. The minimum atomic E-state index is -0.173. The molecular formula is C12H20N2O2. The van der Waals surface area contributed by atoms with Gasteiger partial charge in [-0.25, -0.2) is 0 Å². The maximum atomic E-state index is 11.2. The van der Waals surface area contributed by atoms with Crippen molar-refractivity contribution in [1.29, 1.82) is 0 Å². The lowest BCUT2D eigenvalue weighted by atomic mass is 10.2. The number of nitrogens with zero attached hydrogens (tertiary/aromatic N) is 2. The van der Waals surface area contributed by atoms with Gasteiger partial charge < -0.3 is 4.90 Å². The van der Waals surface area contributed by atoms with Crippen LogP contribution in [0.3, 0.4) is 0 Å². The van der Waals surface area contributed by atoms with Crippen molar-refractivity contribution >= 4 is 11.8 Å². The molecule has 4 heteroatoms. The zero-order chi connectivity index (χ0) is 12.0. The van der Waals surface area contributed by atoms with E-state index >= 15 is 0 Å². The van der Waals surface area contributed by atoms with Crippen LogP contribution in [0.5, 0.6) is 0 Å². The fourth-order valence-corrected chi connectivity index (χ4v) is 1.80. The SMILES string of the molecule is CCN(CC)CCCCN1C(=O)C=CC1=O. The summed E-state index contributed by atoms with van der Waals surface area (Å²) in [6.07, 6.45) is 4.59. The van der Waals surface area contributed by atoms with Crippen molar-refractivity contribution in [1.82, 2.24) is 9.80 Å². The fourth-order valence-electron chi connectivity index (χ4n) is 1.80. The van der Waals surface area contributed by atoms with Gasteiger partial charge in [0.1, 0.15) is 0 Å². The number of hydrogen-bond acceptors (Lipinski definition) is 3. The second-order valence-corrected chi connectivity index (χ2v) is 3.90. The largest absolute Gasteiger partial charge is 0.304 e. The highest BCUT2D eigenvalue weighted by molar-refractivity contribution is 6.12. The molecule has 0 saturated carbocycles. The Labute approximate surface area is 96.9 Å². The Kier molecular flexibility index (Phi) is 5.19. The lowest BCUT2D eigenvalue weighted by Gasteiger charge is -2.18. The van der Waals surface area contributed by atoms with E-state index in [1.807, 2.05) is 0 Å². The Morgan fingerprint density at radius 1 is 1.06 bits per heavy atom. The lowest BCUT2D eigenvalue weighted by molar-refractivity contribution is -0.136. The van der Waals surface area contributed by atoms with Crippen molar-refractivity contribution in [3.8, 4) is 0 Å². The van der Waals surface area contributed by atoms with Crippen LogP contribution in [0.1, 0.15) is 26.7 Å². The molecule has 0 atom stereocenters. The third-order valence-electron chi connectivity index (χ3n) is 2.90. The van der Waals surface area contributed by atoms with Gasteiger partial charge in [-0.2, -0.15) is 0 Å². The van der Waals surface area contributed by atoms with Gasteiger partial charge in [0, 0.05) is 18.7 Å². The van der Waals surface area contributed by atoms with Crippen LogP contribution in [0.4, 0.5) is 0 Å². The molecule has 1 aliphatic heterocycles. The second-order valence-electron chi connectivity index (χ2n) is 3.90. The second kappa shape index (κ2) is 6.43. The van der Waals surface area contributed by atoms with Crippen molar-refractivity contribution in [2.75, 3.05) is 26.2 Å². The summed E-state index contributed by atoms with van der Waals surface area (Å²) in [5.41, 5.74) is 0. The molecule has 4 nitrogen and oxygen atoms in total. The van der Waals surface area contributed by atoms with Gasteiger partial charge in [-0.05, 0) is 32.5 Å². The number of amides is 2. The van der Waals surface area contributed by atoms with Crippen LogP contribution >= 0.6 is 0 Å². The minimum absolute atomic E-state index is 0.173. The van der Waals surface area contributed by atoms with Crippen LogP contribution in [0, 0.1) is 0 Å². The monoisotopic (exact) mass is 224 g/mol. The molecule has 0 spiro atoms. The smallest absolute Gasteiger partial charge is 0.253 e. The highest BCUT2D eigenvalue weighted by atomic mass is 16.2. The van der Waals surface area contributed by atoms with Gasteiger partial charge in [0.05, 0.1) is 0 Å². The summed E-state index contributed by atoms with van der Waals surface area (Å²) in [4.78, 5) is 26.1. The lowest BCUT2D eigenvalue weighted by Crippen LogP contribution is -2.31. The Bertz CT molecular complexity index is 265. The number of carbonyl (C=O) groups excluding carboxylic acids is 2. The van der Waals surface area contributed by atoms with Crippen LogP contribution in [0.15, 0.2) is 12.2 Å². The van der Waals surface area contributed by atoms with Gasteiger partial charge in [0.2, 0.25) is 0 Å². The molecular weight excluding hydrogens is 204 g/mol. The van der Waals surface area contributed by atoms with E-state index in [0.29, 0.717) is 6.54 Å². The van der Waals surface area contributed by atoms with Crippen LogP contribution < -0.4 is 0 Å². The highest BCUT2D eigenvalue weighted by Crippen LogP contribution is 2.05. The predicted octanol–water partition coefficient (Wildman–Crippen LogP) is 1.03. The maximum absolute atomic E-state index is 11.2. The number of hydrogen-bond donors (Lipinski definition) is 0. The van der Waals surface area contributed by atoms with Gasteiger partial charge in [0.15, 0.2) is 0 Å². The molecule has 0 aromatic carbocycles. The summed E-state index contributed by atoms with van der Waals surface area (Å²) >= 11 is 0. The molecule has 0 aromatic rings. The molecule has 1 rings (SSSR count). The van der Waals surface area contributed by atoms with Crippen molar-refractivity contribution in [3.63, 3.8) is 0 Å². The Morgan fingerprint density at radius 2 is 1.62 bits per heavy atom. The van der Waals surface area contributed by atoms with E-state index in [4.69, 9.17) is 0 Å². The topological polar surface area (TPSA) is 40.6 Å². The first-order chi connectivity index (χ1) is 7.69. The van der Waals surface area contributed by atoms with Gasteiger partial charge >= 0.3 is 0 Å². The predicted molar refractivity (Wildman–Crippen MR) is 62.9 cm³/mol.